The third kappa shape index (κ3) is 4.13. The average molecular weight is 386 g/mol. The lowest BCUT2D eigenvalue weighted by Gasteiger charge is -2.43. The highest BCUT2D eigenvalue weighted by atomic mass is 16.7. The van der Waals surface area contributed by atoms with Crippen molar-refractivity contribution in [1.29, 1.82) is 0 Å². The molecule has 28 heavy (non-hydrogen) atoms. The van der Waals surface area contributed by atoms with Gasteiger partial charge in [-0.3, -0.25) is 14.6 Å². The van der Waals surface area contributed by atoms with Crippen molar-refractivity contribution in [2.75, 3.05) is 46.1 Å². The summed E-state index contributed by atoms with van der Waals surface area (Å²) in [6.07, 6.45) is 5.69. The van der Waals surface area contributed by atoms with E-state index in [2.05, 4.69) is 26.8 Å². The molecule has 0 unspecified atom stereocenters. The standard InChI is InChI=1S/C22H31N3O3/c26-22(13-17-3-4-17)25-7-1-2-19(15-25)24-10-8-23(9-11-24)14-18-5-6-20-21(12-18)28-16-27-20/h5-6,12,17,19H,1-4,7-11,13-16H2/t19-/m1/s1. The normalized spacial score (nSPS) is 25.9. The molecule has 5 rings (SSSR count). The van der Waals surface area contributed by atoms with E-state index in [-0.39, 0.29) is 0 Å². The van der Waals surface area contributed by atoms with Gasteiger partial charge in [0.15, 0.2) is 11.5 Å². The number of fused-ring (bicyclic) bond motifs is 1. The minimum atomic E-state index is 0.332. The van der Waals surface area contributed by atoms with Crippen molar-refractivity contribution in [3.05, 3.63) is 23.8 Å². The molecule has 0 spiro atoms. The van der Waals surface area contributed by atoms with Gasteiger partial charge in [0, 0.05) is 58.3 Å². The smallest absolute Gasteiger partial charge is 0.231 e. The van der Waals surface area contributed by atoms with Gasteiger partial charge in [-0.1, -0.05) is 6.07 Å². The Morgan fingerprint density at radius 2 is 1.82 bits per heavy atom. The first kappa shape index (κ1) is 18.3. The second kappa shape index (κ2) is 7.91. The maximum Gasteiger partial charge on any atom is 0.231 e. The second-order valence-electron chi connectivity index (χ2n) is 8.78. The van der Waals surface area contributed by atoms with Crippen molar-refractivity contribution in [3.63, 3.8) is 0 Å². The molecule has 1 saturated carbocycles. The van der Waals surface area contributed by atoms with Crippen LogP contribution in [0.3, 0.4) is 0 Å². The molecule has 4 aliphatic rings. The Balaban J connectivity index is 1.11. The summed E-state index contributed by atoms with van der Waals surface area (Å²) in [6.45, 7) is 7.56. The summed E-state index contributed by atoms with van der Waals surface area (Å²) in [4.78, 5) is 19.8. The molecule has 1 amide bonds. The molecule has 152 valence electrons. The molecule has 3 fully saturated rings. The predicted octanol–water partition coefficient (Wildman–Crippen LogP) is 2.32. The number of likely N-dealkylation sites (tertiary alicyclic amines) is 1. The van der Waals surface area contributed by atoms with Crippen LogP contribution in [0.4, 0.5) is 0 Å². The van der Waals surface area contributed by atoms with Crippen molar-refractivity contribution in [1.82, 2.24) is 14.7 Å². The molecule has 1 atom stereocenters. The van der Waals surface area contributed by atoms with Crippen LogP contribution in [-0.2, 0) is 11.3 Å². The number of benzene rings is 1. The van der Waals surface area contributed by atoms with Crippen molar-refractivity contribution >= 4 is 5.91 Å². The highest BCUT2D eigenvalue weighted by Crippen LogP contribution is 2.34. The number of amides is 1. The van der Waals surface area contributed by atoms with Gasteiger partial charge in [-0.2, -0.15) is 0 Å². The Hall–Kier alpha value is -1.79. The zero-order chi connectivity index (χ0) is 18.9. The van der Waals surface area contributed by atoms with Gasteiger partial charge in [-0.05, 0) is 49.3 Å². The van der Waals surface area contributed by atoms with Gasteiger partial charge in [-0.25, -0.2) is 0 Å². The Morgan fingerprint density at radius 1 is 1.00 bits per heavy atom. The van der Waals surface area contributed by atoms with Gasteiger partial charge >= 0.3 is 0 Å². The van der Waals surface area contributed by atoms with Crippen LogP contribution < -0.4 is 9.47 Å². The highest BCUT2D eigenvalue weighted by molar-refractivity contribution is 5.76. The zero-order valence-electron chi connectivity index (χ0n) is 16.6. The first-order valence-corrected chi connectivity index (χ1v) is 10.9. The van der Waals surface area contributed by atoms with Crippen molar-refractivity contribution in [3.8, 4) is 11.5 Å². The van der Waals surface area contributed by atoms with Crippen LogP contribution in [0.15, 0.2) is 18.2 Å². The van der Waals surface area contributed by atoms with Crippen LogP contribution in [0.1, 0.15) is 37.7 Å². The molecule has 3 heterocycles. The van der Waals surface area contributed by atoms with E-state index >= 15 is 0 Å². The first-order chi connectivity index (χ1) is 13.7. The van der Waals surface area contributed by atoms with Crippen molar-refractivity contribution in [2.24, 2.45) is 5.92 Å². The molecule has 1 aromatic rings. The fourth-order valence-corrected chi connectivity index (χ4v) is 4.76. The average Bonchev–Trinajstić information content (AvgIpc) is 3.42. The maximum absolute atomic E-state index is 12.5. The minimum absolute atomic E-state index is 0.332. The molecular weight excluding hydrogens is 354 g/mol. The monoisotopic (exact) mass is 385 g/mol. The lowest BCUT2D eigenvalue weighted by Crippen LogP contribution is -2.55. The van der Waals surface area contributed by atoms with Crippen LogP contribution in [0.2, 0.25) is 0 Å². The molecule has 0 N–H and O–H groups in total. The third-order valence-electron chi connectivity index (χ3n) is 6.68. The Morgan fingerprint density at radius 3 is 2.64 bits per heavy atom. The molecule has 0 aromatic heterocycles. The number of nitrogens with zero attached hydrogens (tertiary/aromatic N) is 3. The van der Waals surface area contributed by atoms with E-state index in [0.717, 1.165) is 70.2 Å². The molecular formula is C22H31N3O3. The fourth-order valence-electron chi connectivity index (χ4n) is 4.76. The number of ether oxygens (including phenoxy) is 2. The first-order valence-electron chi connectivity index (χ1n) is 10.9. The summed E-state index contributed by atoms with van der Waals surface area (Å²) < 4.78 is 10.9. The lowest BCUT2D eigenvalue weighted by atomic mass is 10.0. The van der Waals surface area contributed by atoms with E-state index in [4.69, 9.17) is 9.47 Å². The largest absolute Gasteiger partial charge is 0.454 e. The van der Waals surface area contributed by atoms with Crippen LogP contribution in [0, 0.1) is 5.92 Å². The highest BCUT2D eigenvalue weighted by Gasteiger charge is 2.32. The minimum Gasteiger partial charge on any atom is -0.454 e. The van der Waals surface area contributed by atoms with Crippen LogP contribution in [-0.4, -0.2) is 72.7 Å². The van der Waals surface area contributed by atoms with E-state index in [1.165, 1.54) is 24.8 Å². The summed E-state index contributed by atoms with van der Waals surface area (Å²) in [5, 5.41) is 0. The molecule has 2 saturated heterocycles. The van der Waals surface area contributed by atoms with Gasteiger partial charge in [0.25, 0.3) is 0 Å². The van der Waals surface area contributed by atoms with Crippen LogP contribution in [0.5, 0.6) is 11.5 Å². The second-order valence-corrected chi connectivity index (χ2v) is 8.78. The fraction of sp³-hybridized carbons (Fsp3) is 0.682. The van der Waals surface area contributed by atoms with E-state index in [0.29, 0.717) is 24.7 Å². The summed E-state index contributed by atoms with van der Waals surface area (Å²) in [5.41, 5.74) is 1.28. The molecule has 6 nitrogen and oxygen atoms in total. The molecule has 3 aliphatic heterocycles. The van der Waals surface area contributed by atoms with Crippen molar-refractivity contribution < 1.29 is 14.3 Å². The van der Waals surface area contributed by atoms with Gasteiger partial charge in [0.2, 0.25) is 12.7 Å². The van der Waals surface area contributed by atoms with E-state index in [1.54, 1.807) is 0 Å². The Labute approximate surface area is 167 Å². The molecule has 1 aliphatic carbocycles. The summed E-state index contributed by atoms with van der Waals surface area (Å²) in [6, 6.07) is 6.82. The van der Waals surface area contributed by atoms with Crippen LogP contribution in [0.25, 0.3) is 0 Å². The zero-order valence-corrected chi connectivity index (χ0v) is 16.6. The Kier molecular flexibility index (Phi) is 5.16. The Bertz CT molecular complexity index is 713. The molecule has 1 aromatic carbocycles. The van der Waals surface area contributed by atoms with Gasteiger partial charge in [0.05, 0.1) is 0 Å². The number of carbonyl (C=O) groups is 1. The number of hydrogen-bond acceptors (Lipinski definition) is 5. The van der Waals surface area contributed by atoms with E-state index in [1.807, 2.05) is 6.07 Å². The summed E-state index contributed by atoms with van der Waals surface area (Å²) in [7, 11) is 0. The maximum atomic E-state index is 12.5. The summed E-state index contributed by atoms with van der Waals surface area (Å²) in [5.74, 6) is 2.81. The van der Waals surface area contributed by atoms with Crippen molar-refractivity contribution in [2.45, 2.75) is 44.7 Å². The number of hydrogen-bond donors (Lipinski definition) is 0. The SMILES string of the molecule is O=C(CC1CC1)N1CCC[C@@H](N2CCN(Cc3ccc4c(c3)OCO4)CC2)C1. The topological polar surface area (TPSA) is 45.3 Å². The van der Waals surface area contributed by atoms with Gasteiger partial charge in [-0.15, -0.1) is 0 Å². The number of carbonyl (C=O) groups excluding carboxylic acids is 1. The van der Waals surface area contributed by atoms with E-state index < -0.39 is 0 Å². The number of rotatable bonds is 5. The molecule has 6 heteroatoms. The molecule has 0 radical (unpaired) electrons. The van der Waals surface area contributed by atoms with Gasteiger partial charge in [0.1, 0.15) is 0 Å². The lowest BCUT2D eigenvalue weighted by molar-refractivity contribution is -0.134. The number of piperidine rings is 1. The third-order valence-corrected chi connectivity index (χ3v) is 6.68. The van der Waals surface area contributed by atoms with Crippen LogP contribution >= 0.6 is 0 Å². The van der Waals surface area contributed by atoms with Gasteiger partial charge < -0.3 is 14.4 Å². The molecule has 0 bridgehead atoms. The number of piperazine rings is 1. The predicted molar refractivity (Wildman–Crippen MR) is 106 cm³/mol. The summed E-state index contributed by atoms with van der Waals surface area (Å²) >= 11 is 0. The van der Waals surface area contributed by atoms with E-state index in [9.17, 15) is 4.79 Å². The quantitative estimate of drug-likeness (QED) is 0.778.